The number of rotatable bonds is 3. The maximum absolute atomic E-state index is 11.9. The molecule has 0 saturated heterocycles. The van der Waals surface area contributed by atoms with Gasteiger partial charge in [0.25, 0.3) is 0 Å². The number of carbonyl (C=O) groups is 1. The first-order valence-corrected chi connectivity index (χ1v) is 7.69. The van der Waals surface area contributed by atoms with Crippen molar-refractivity contribution in [2.75, 3.05) is 4.90 Å². The van der Waals surface area contributed by atoms with Crippen molar-refractivity contribution in [1.82, 2.24) is 9.55 Å². The zero-order valence-corrected chi connectivity index (χ0v) is 12.9. The second kappa shape index (κ2) is 5.12. The van der Waals surface area contributed by atoms with E-state index in [2.05, 4.69) is 21.6 Å². The summed E-state index contributed by atoms with van der Waals surface area (Å²) in [5.74, 6) is 0.633. The lowest BCUT2D eigenvalue weighted by atomic mass is 10.1. The molecule has 1 aromatic heterocycles. The first-order chi connectivity index (χ1) is 11.1. The van der Waals surface area contributed by atoms with Crippen LogP contribution < -0.4 is 10.6 Å². The number of carbonyl (C=O) groups excluding carboxylic acids is 1. The predicted molar refractivity (Wildman–Crippen MR) is 90.0 cm³/mol. The van der Waals surface area contributed by atoms with Gasteiger partial charge in [-0.2, -0.15) is 0 Å². The summed E-state index contributed by atoms with van der Waals surface area (Å²) in [6, 6.07) is 15.8. The number of primary amides is 1. The Hall–Kier alpha value is -2.82. The Morgan fingerprint density at radius 1 is 1.22 bits per heavy atom. The second-order valence-electron chi connectivity index (χ2n) is 5.95. The van der Waals surface area contributed by atoms with Gasteiger partial charge in [0, 0.05) is 19.2 Å². The number of para-hydroxylation sites is 3. The number of nitrogens with two attached hydrogens (primary N) is 1. The number of aromatic nitrogens is 2. The van der Waals surface area contributed by atoms with Crippen LogP contribution in [0.25, 0.3) is 11.0 Å². The van der Waals surface area contributed by atoms with Gasteiger partial charge < -0.3 is 15.2 Å². The average molecular weight is 306 g/mol. The van der Waals surface area contributed by atoms with Crippen LogP contribution in [-0.2, 0) is 24.8 Å². The highest BCUT2D eigenvalue weighted by atomic mass is 16.1. The Labute approximate surface area is 134 Å². The first-order valence-electron chi connectivity index (χ1n) is 7.69. The van der Waals surface area contributed by atoms with Gasteiger partial charge in [0.05, 0.1) is 17.6 Å². The smallest absolute Gasteiger partial charge is 0.240 e. The Balaban J connectivity index is 1.76. The van der Waals surface area contributed by atoms with E-state index in [1.165, 1.54) is 0 Å². The summed E-state index contributed by atoms with van der Waals surface area (Å²) < 4.78 is 2.08. The van der Waals surface area contributed by atoms with E-state index in [4.69, 9.17) is 10.7 Å². The molecule has 5 heteroatoms. The van der Waals surface area contributed by atoms with Crippen molar-refractivity contribution < 1.29 is 4.79 Å². The summed E-state index contributed by atoms with van der Waals surface area (Å²) in [4.78, 5) is 18.7. The largest absolute Gasteiger partial charge is 0.368 e. The standard InChI is InChI=1S/C18H18N4O/c1-21-15-9-5-3-7-13(15)20-17(21)11-22-14-8-4-2-6-12(14)10-16(22)18(19)23/h2-9,16H,10-11H2,1H3,(H2,19,23)/t16-/m0/s1. The van der Waals surface area contributed by atoms with Crippen molar-refractivity contribution in [3.05, 3.63) is 59.9 Å². The number of amides is 1. The van der Waals surface area contributed by atoms with E-state index in [0.717, 1.165) is 28.1 Å². The summed E-state index contributed by atoms with van der Waals surface area (Å²) in [7, 11) is 2.01. The number of hydrogen-bond donors (Lipinski definition) is 1. The molecule has 0 fully saturated rings. The molecule has 116 valence electrons. The minimum absolute atomic E-state index is 0.292. The molecule has 3 aromatic rings. The van der Waals surface area contributed by atoms with Crippen LogP contribution in [0.5, 0.6) is 0 Å². The Bertz CT molecular complexity index is 899. The fourth-order valence-corrected chi connectivity index (χ4v) is 3.39. The molecular formula is C18H18N4O. The molecule has 0 spiro atoms. The molecule has 4 rings (SSSR count). The lowest BCUT2D eigenvalue weighted by Crippen LogP contribution is -2.42. The molecule has 0 aliphatic carbocycles. The van der Waals surface area contributed by atoms with Gasteiger partial charge in [-0.15, -0.1) is 0 Å². The van der Waals surface area contributed by atoms with Gasteiger partial charge in [0.2, 0.25) is 5.91 Å². The van der Waals surface area contributed by atoms with Crippen molar-refractivity contribution in [3.8, 4) is 0 Å². The van der Waals surface area contributed by atoms with Crippen molar-refractivity contribution in [2.24, 2.45) is 12.8 Å². The summed E-state index contributed by atoms with van der Waals surface area (Å²) >= 11 is 0. The maximum atomic E-state index is 11.9. The lowest BCUT2D eigenvalue weighted by molar-refractivity contribution is -0.119. The highest BCUT2D eigenvalue weighted by Crippen LogP contribution is 2.33. The van der Waals surface area contributed by atoms with Crippen LogP contribution in [0, 0.1) is 0 Å². The number of fused-ring (bicyclic) bond motifs is 2. The van der Waals surface area contributed by atoms with Crippen molar-refractivity contribution in [1.29, 1.82) is 0 Å². The quantitative estimate of drug-likeness (QED) is 0.805. The van der Waals surface area contributed by atoms with Crippen LogP contribution >= 0.6 is 0 Å². The molecule has 0 saturated carbocycles. The number of imidazole rings is 1. The minimum Gasteiger partial charge on any atom is -0.368 e. The van der Waals surface area contributed by atoms with Crippen molar-refractivity contribution in [2.45, 2.75) is 19.0 Å². The van der Waals surface area contributed by atoms with Gasteiger partial charge in [0.1, 0.15) is 11.9 Å². The molecular weight excluding hydrogens is 288 g/mol. The van der Waals surface area contributed by atoms with E-state index in [1.54, 1.807) is 0 Å². The SMILES string of the molecule is Cn1c(CN2c3ccccc3C[C@H]2C(N)=O)nc2ccccc21. The summed E-state index contributed by atoms with van der Waals surface area (Å²) in [6.45, 7) is 0.565. The first kappa shape index (κ1) is 13.8. The molecule has 0 bridgehead atoms. The van der Waals surface area contributed by atoms with E-state index < -0.39 is 0 Å². The zero-order chi connectivity index (χ0) is 16.0. The van der Waals surface area contributed by atoms with Gasteiger partial charge in [-0.05, 0) is 23.8 Å². The van der Waals surface area contributed by atoms with Crippen LogP contribution in [-0.4, -0.2) is 21.5 Å². The molecule has 2 heterocycles. The minimum atomic E-state index is -0.313. The summed E-state index contributed by atoms with van der Waals surface area (Å²) in [6.07, 6.45) is 0.662. The number of aryl methyl sites for hydroxylation is 1. The molecule has 2 aromatic carbocycles. The van der Waals surface area contributed by atoms with E-state index in [-0.39, 0.29) is 11.9 Å². The normalized spacial score (nSPS) is 16.7. The van der Waals surface area contributed by atoms with Gasteiger partial charge in [0.15, 0.2) is 0 Å². The third kappa shape index (κ3) is 2.16. The van der Waals surface area contributed by atoms with Crippen LogP contribution in [0.4, 0.5) is 5.69 Å². The molecule has 2 N–H and O–H groups in total. The van der Waals surface area contributed by atoms with E-state index in [1.807, 2.05) is 43.4 Å². The summed E-state index contributed by atoms with van der Waals surface area (Å²) in [5.41, 5.74) is 9.92. The number of anilines is 1. The Morgan fingerprint density at radius 2 is 1.96 bits per heavy atom. The topological polar surface area (TPSA) is 64.2 Å². The van der Waals surface area contributed by atoms with E-state index >= 15 is 0 Å². The third-order valence-electron chi connectivity index (χ3n) is 4.61. The van der Waals surface area contributed by atoms with Gasteiger partial charge in [-0.1, -0.05) is 30.3 Å². The molecule has 23 heavy (non-hydrogen) atoms. The monoisotopic (exact) mass is 306 g/mol. The molecule has 5 nitrogen and oxygen atoms in total. The number of nitrogens with zero attached hydrogens (tertiary/aromatic N) is 3. The molecule has 1 aliphatic heterocycles. The fraction of sp³-hybridized carbons (Fsp3) is 0.222. The van der Waals surface area contributed by atoms with Gasteiger partial charge >= 0.3 is 0 Å². The second-order valence-corrected chi connectivity index (χ2v) is 5.95. The highest BCUT2D eigenvalue weighted by Gasteiger charge is 2.33. The predicted octanol–water partition coefficient (Wildman–Crippen LogP) is 1.99. The third-order valence-corrected chi connectivity index (χ3v) is 4.61. The number of benzene rings is 2. The van der Waals surface area contributed by atoms with Gasteiger partial charge in [-0.3, -0.25) is 4.79 Å². The molecule has 0 unspecified atom stereocenters. The fourth-order valence-electron chi connectivity index (χ4n) is 3.39. The highest BCUT2D eigenvalue weighted by molar-refractivity contribution is 5.87. The summed E-state index contributed by atoms with van der Waals surface area (Å²) in [5, 5.41) is 0. The molecule has 1 amide bonds. The van der Waals surface area contributed by atoms with Crippen molar-refractivity contribution >= 4 is 22.6 Å². The van der Waals surface area contributed by atoms with Crippen LogP contribution in [0.3, 0.4) is 0 Å². The van der Waals surface area contributed by atoms with E-state index in [9.17, 15) is 4.79 Å². The number of hydrogen-bond acceptors (Lipinski definition) is 3. The maximum Gasteiger partial charge on any atom is 0.240 e. The zero-order valence-electron chi connectivity index (χ0n) is 12.9. The lowest BCUT2D eigenvalue weighted by Gasteiger charge is -2.25. The molecule has 0 radical (unpaired) electrons. The Morgan fingerprint density at radius 3 is 2.74 bits per heavy atom. The molecule has 1 aliphatic rings. The Kier molecular flexibility index (Phi) is 3.08. The van der Waals surface area contributed by atoms with E-state index in [0.29, 0.717) is 13.0 Å². The van der Waals surface area contributed by atoms with Gasteiger partial charge in [-0.25, -0.2) is 4.98 Å². The van der Waals surface area contributed by atoms with Crippen molar-refractivity contribution in [3.63, 3.8) is 0 Å². The van der Waals surface area contributed by atoms with Crippen LogP contribution in [0.2, 0.25) is 0 Å². The van der Waals surface area contributed by atoms with Crippen LogP contribution in [0.1, 0.15) is 11.4 Å². The average Bonchev–Trinajstić information content (AvgIpc) is 3.08. The van der Waals surface area contributed by atoms with Crippen LogP contribution in [0.15, 0.2) is 48.5 Å². The molecule has 1 atom stereocenters.